The zero-order chi connectivity index (χ0) is 10.1. The number of nitrogens with one attached hydrogen (secondary N) is 1. The molecule has 2 heterocycles. The summed E-state index contributed by atoms with van der Waals surface area (Å²) in [5, 5.41) is 12.1. The van der Waals surface area contributed by atoms with E-state index in [0.29, 0.717) is 12.0 Å². The monoisotopic (exact) mass is 198 g/mol. The van der Waals surface area contributed by atoms with Crippen molar-refractivity contribution in [3.05, 3.63) is 0 Å². The smallest absolute Gasteiger partial charge is 0.227 e. The van der Waals surface area contributed by atoms with Crippen molar-refractivity contribution >= 4 is 5.91 Å². The Balaban J connectivity index is 1.84. The van der Waals surface area contributed by atoms with Crippen LogP contribution in [0.5, 0.6) is 0 Å². The molecule has 4 heteroatoms. The van der Waals surface area contributed by atoms with E-state index >= 15 is 0 Å². The van der Waals surface area contributed by atoms with E-state index in [0.717, 1.165) is 26.1 Å². The number of aliphatic hydroxyl groups excluding tert-OH is 1. The van der Waals surface area contributed by atoms with Crippen LogP contribution < -0.4 is 5.32 Å². The average molecular weight is 198 g/mol. The van der Waals surface area contributed by atoms with E-state index in [4.69, 9.17) is 5.11 Å². The van der Waals surface area contributed by atoms with E-state index in [2.05, 4.69) is 12.2 Å². The predicted molar refractivity (Wildman–Crippen MR) is 52.7 cm³/mol. The van der Waals surface area contributed by atoms with Crippen LogP contribution in [-0.4, -0.2) is 48.2 Å². The zero-order valence-corrected chi connectivity index (χ0v) is 8.57. The largest absolute Gasteiger partial charge is 0.396 e. The molecule has 0 aliphatic carbocycles. The molecule has 0 bridgehead atoms. The Morgan fingerprint density at radius 2 is 2.29 bits per heavy atom. The minimum atomic E-state index is 0.162. The van der Waals surface area contributed by atoms with Gasteiger partial charge in [-0.2, -0.15) is 0 Å². The maximum Gasteiger partial charge on any atom is 0.227 e. The number of carbonyl (C=O) groups is 1. The Bertz CT molecular complexity index is 226. The number of likely N-dealkylation sites (tertiary alicyclic amines) is 1. The predicted octanol–water partition coefficient (Wildman–Crippen LogP) is -0.565. The molecule has 0 spiro atoms. The lowest BCUT2D eigenvalue weighted by molar-refractivity contribution is -0.143. The van der Waals surface area contributed by atoms with Gasteiger partial charge in [0.25, 0.3) is 0 Å². The molecule has 0 aromatic carbocycles. The minimum Gasteiger partial charge on any atom is -0.396 e. The highest BCUT2D eigenvalue weighted by Crippen LogP contribution is 2.23. The van der Waals surface area contributed by atoms with Gasteiger partial charge in [0.1, 0.15) is 0 Å². The van der Waals surface area contributed by atoms with Gasteiger partial charge in [-0.25, -0.2) is 0 Å². The first-order chi connectivity index (χ1) is 6.72. The van der Waals surface area contributed by atoms with Crippen molar-refractivity contribution in [3.8, 4) is 0 Å². The molecule has 2 aliphatic rings. The van der Waals surface area contributed by atoms with Crippen LogP contribution in [0.4, 0.5) is 0 Å². The van der Waals surface area contributed by atoms with Crippen LogP contribution in [0, 0.1) is 11.8 Å². The molecule has 4 nitrogen and oxygen atoms in total. The SMILES string of the molecule is CC1NCCC1C(=O)N1CC(CO)C1. The highest BCUT2D eigenvalue weighted by molar-refractivity contribution is 5.80. The molecule has 1 amide bonds. The van der Waals surface area contributed by atoms with Crippen molar-refractivity contribution in [2.45, 2.75) is 19.4 Å². The minimum absolute atomic E-state index is 0.162. The number of nitrogens with zero attached hydrogens (tertiary/aromatic N) is 1. The fourth-order valence-corrected chi connectivity index (χ4v) is 2.30. The fraction of sp³-hybridized carbons (Fsp3) is 0.900. The number of aliphatic hydroxyl groups is 1. The number of carbonyl (C=O) groups excluding carboxylic acids is 1. The van der Waals surface area contributed by atoms with Crippen molar-refractivity contribution < 1.29 is 9.90 Å². The molecular formula is C10H18N2O2. The van der Waals surface area contributed by atoms with Crippen molar-refractivity contribution in [2.24, 2.45) is 11.8 Å². The standard InChI is InChI=1S/C10H18N2O2/c1-7-9(2-3-11-7)10(14)12-4-8(5-12)6-13/h7-9,11,13H,2-6H2,1H3. The van der Waals surface area contributed by atoms with Gasteiger partial charge in [0.2, 0.25) is 5.91 Å². The van der Waals surface area contributed by atoms with Crippen molar-refractivity contribution in [1.29, 1.82) is 0 Å². The Hall–Kier alpha value is -0.610. The second kappa shape index (κ2) is 3.87. The number of hydrogen-bond acceptors (Lipinski definition) is 3. The Morgan fingerprint density at radius 1 is 1.57 bits per heavy atom. The van der Waals surface area contributed by atoms with Gasteiger partial charge in [-0.1, -0.05) is 0 Å². The molecule has 0 aromatic rings. The van der Waals surface area contributed by atoms with E-state index in [9.17, 15) is 4.79 Å². The van der Waals surface area contributed by atoms with Crippen LogP contribution in [0.3, 0.4) is 0 Å². The summed E-state index contributed by atoms with van der Waals surface area (Å²) in [5.41, 5.74) is 0. The van der Waals surface area contributed by atoms with Gasteiger partial charge in [-0.3, -0.25) is 4.79 Å². The number of hydrogen-bond donors (Lipinski definition) is 2. The quantitative estimate of drug-likeness (QED) is 0.625. The van der Waals surface area contributed by atoms with Crippen molar-refractivity contribution in [2.75, 3.05) is 26.2 Å². The summed E-state index contributed by atoms with van der Waals surface area (Å²) < 4.78 is 0. The molecule has 2 aliphatic heterocycles. The molecule has 2 rings (SSSR count). The van der Waals surface area contributed by atoms with Crippen LogP contribution in [0.2, 0.25) is 0 Å². The van der Waals surface area contributed by atoms with Gasteiger partial charge in [0.15, 0.2) is 0 Å². The average Bonchev–Trinajstić information content (AvgIpc) is 2.49. The maximum absolute atomic E-state index is 11.9. The molecule has 0 saturated carbocycles. The Kier molecular flexibility index (Phi) is 2.74. The molecule has 14 heavy (non-hydrogen) atoms. The molecule has 2 unspecified atom stereocenters. The summed E-state index contributed by atoms with van der Waals surface area (Å²) in [6.07, 6.45) is 0.959. The Morgan fingerprint density at radius 3 is 2.79 bits per heavy atom. The van der Waals surface area contributed by atoms with Gasteiger partial charge in [0, 0.05) is 31.7 Å². The molecule has 0 radical (unpaired) electrons. The van der Waals surface area contributed by atoms with Gasteiger partial charge in [-0.15, -0.1) is 0 Å². The number of amides is 1. The third-order valence-electron chi connectivity index (χ3n) is 3.37. The van der Waals surface area contributed by atoms with Gasteiger partial charge in [0.05, 0.1) is 5.92 Å². The second-order valence-electron chi connectivity index (χ2n) is 4.43. The molecule has 0 aromatic heterocycles. The lowest BCUT2D eigenvalue weighted by atomic mass is 9.94. The summed E-state index contributed by atoms with van der Waals surface area (Å²) in [4.78, 5) is 13.8. The van der Waals surface area contributed by atoms with Crippen LogP contribution in [0.25, 0.3) is 0 Å². The van der Waals surface area contributed by atoms with E-state index in [-0.39, 0.29) is 18.4 Å². The molecule has 2 fully saturated rings. The molecule has 2 saturated heterocycles. The molecule has 2 N–H and O–H groups in total. The summed E-state index contributed by atoms with van der Waals surface area (Å²) in [7, 11) is 0. The van der Waals surface area contributed by atoms with Crippen molar-refractivity contribution in [1.82, 2.24) is 10.2 Å². The lowest BCUT2D eigenvalue weighted by Crippen LogP contribution is -2.54. The van der Waals surface area contributed by atoms with E-state index in [1.165, 1.54) is 0 Å². The summed E-state index contributed by atoms with van der Waals surface area (Å²) >= 11 is 0. The number of rotatable bonds is 2. The van der Waals surface area contributed by atoms with Crippen LogP contribution >= 0.6 is 0 Å². The topological polar surface area (TPSA) is 52.6 Å². The highest BCUT2D eigenvalue weighted by Gasteiger charge is 2.37. The summed E-state index contributed by atoms with van der Waals surface area (Å²) in [6, 6.07) is 0.315. The molecular weight excluding hydrogens is 180 g/mol. The van der Waals surface area contributed by atoms with E-state index in [1.807, 2.05) is 4.90 Å². The first-order valence-electron chi connectivity index (χ1n) is 5.35. The maximum atomic E-state index is 11.9. The van der Waals surface area contributed by atoms with Gasteiger partial charge >= 0.3 is 0 Å². The third kappa shape index (κ3) is 1.64. The second-order valence-corrected chi connectivity index (χ2v) is 4.43. The van der Waals surface area contributed by atoms with Gasteiger partial charge < -0.3 is 15.3 Å². The first kappa shape index (κ1) is 9.93. The zero-order valence-electron chi connectivity index (χ0n) is 8.57. The molecule has 2 atom stereocenters. The van der Waals surface area contributed by atoms with E-state index < -0.39 is 0 Å². The normalized spacial score (nSPS) is 33.1. The fourth-order valence-electron chi connectivity index (χ4n) is 2.30. The third-order valence-corrected chi connectivity index (χ3v) is 3.37. The van der Waals surface area contributed by atoms with Gasteiger partial charge in [-0.05, 0) is 19.9 Å². The highest BCUT2D eigenvalue weighted by atomic mass is 16.3. The molecule has 80 valence electrons. The van der Waals surface area contributed by atoms with Crippen molar-refractivity contribution in [3.63, 3.8) is 0 Å². The van der Waals surface area contributed by atoms with E-state index in [1.54, 1.807) is 0 Å². The summed E-state index contributed by atoms with van der Waals surface area (Å²) in [6.45, 7) is 4.73. The van der Waals surface area contributed by atoms with Crippen LogP contribution in [0.1, 0.15) is 13.3 Å². The first-order valence-corrected chi connectivity index (χ1v) is 5.35. The van der Waals surface area contributed by atoms with Crippen LogP contribution in [-0.2, 0) is 4.79 Å². The summed E-state index contributed by atoms with van der Waals surface area (Å²) in [5.74, 6) is 0.755. The van der Waals surface area contributed by atoms with Crippen LogP contribution in [0.15, 0.2) is 0 Å². The Labute approximate surface area is 84.3 Å². The lowest BCUT2D eigenvalue weighted by Gasteiger charge is -2.40.